The second-order valence-corrected chi connectivity index (χ2v) is 5.42. The summed E-state index contributed by atoms with van der Waals surface area (Å²) in [7, 11) is 0. The summed E-state index contributed by atoms with van der Waals surface area (Å²) < 4.78 is 0. The zero-order chi connectivity index (χ0) is 13.0. The minimum absolute atomic E-state index is 0.131. The maximum atomic E-state index is 9.79. The van der Waals surface area contributed by atoms with Crippen molar-refractivity contribution >= 4 is 0 Å². The average Bonchev–Trinajstić information content (AvgIpc) is 3.01. The lowest BCUT2D eigenvalue weighted by atomic mass is 9.92. The molecule has 1 aliphatic rings. The van der Waals surface area contributed by atoms with Crippen LogP contribution in [-0.2, 0) is 5.41 Å². The number of benzene rings is 1. The normalized spacial score (nSPS) is 26.3. The maximum absolute atomic E-state index is 9.79. The van der Waals surface area contributed by atoms with E-state index in [2.05, 4.69) is 25.6 Å². The fourth-order valence-electron chi connectivity index (χ4n) is 3.14. The molecule has 0 unspecified atom stereocenters. The average molecular weight is 244 g/mol. The Hall–Kier alpha value is -1.08. The van der Waals surface area contributed by atoms with Gasteiger partial charge in [0.1, 0.15) is 0 Å². The minimum Gasteiger partial charge on any atom is -0.395 e. The molecule has 1 aromatic carbocycles. The summed E-state index contributed by atoms with van der Waals surface area (Å²) in [5.74, 6) is 0.488. The van der Waals surface area contributed by atoms with Crippen LogP contribution >= 0.6 is 0 Å². The molecule has 2 atom stereocenters. The van der Waals surface area contributed by atoms with E-state index in [1.165, 1.54) is 43.2 Å². The van der Waals surface area contributed by atoms with Crippen molar-refractivity contribution in [2.75, 3.05) is 6.61 Å². The molecule has 1 aromatic rings. The van der Waals surface area contributed by atoms with Crippen molar-refractivity contribution in [1.29, 1.82) is 0 Å². The SMILES string of the molecule is C=C1[C@@H](CCCCCC)[C@]1(CO)c1ccccc1. The van der Waals surface area contributed by atoms with E-state index in [9.17, 15) is 5.11 Å². The monoisotopic (exact) mass is 244 g/mol. The van der Waals surface area contributed by atoms with Crippen LogP contribution in [-0.4, -0.2) is 11.7 Å². The van der Waals surface area contributed by atoms with Gasteiger partial charge in [0.05, 0.1) is 6.61 Å². The molecule has 1 N–H and O–H groups in total. The van der Waals surface area contributed by atoms with Gasteiger partial charge < -0.3 is 5.11 Å². The van der Waals surface area contributed by atoms with Crippen LogP contribution < -0.4 is 0 Å². The molecule has 0 amide bonds. The highest BCUT2D eigenvalue weighted by atomic mass is 16.3. The van der Waals surface area contributed by atoms with Gasteiger partial charge in [-0.2, -0.15) is 0 Å². The fraction of sp³-hybridized carbons (Fsp3) is 0.529. The summed E-state index contributed by atoms with van der Waals surface area (Å²) in [5, 5.41) is 9.79. The molecule has 0 aliphatic heterocycles. The van der Waals surface area contributed by atoms with Crippen LogP contribution in [0.1, 0.15) is 44.6 Å². The molecular formula is C17H24O. The summed E-state index contributed by atoms with van der Waals surface area (Å²) in [4.78, 5) is 0. The fourth-order valence-corrected chi connectivity index (χ4v) is 3.14. The Kier molecular flexibility index (Phi) is 4.23. The largest absolute Gasteiger partial charge is 0.395 e. The number of unbranched alkanes of at least 4 members (excludes halogenated alkanes) is 3. The lowest BCUT2D eigenvalue weighted by Gasteiger charge is -2.14. The van der Waals surface area contributed by atoms with Crippen molar-refractivity contribution < 1.29 is 5.11 Å². The van der Waals surface area contributed by atoms with E-state index in [1.807, 2.05) is 18.2 Å². The second kappa shape index (κ2) is 5.71. The number of aliphatic hydroxyl groups excluding tert-OH is 1. The quantitative estimate of drug-likeness (QED) is 0.566. The van der Waals surface area contributed by atoms with E-state index in [1.54, 1.807) is 0 Å². The summed E-state index contributed by atoms with van der Waals surface area (Å²) in [5.41, 5.74) is 2.33. The van der Waals surface area contributed by atoms with Gasteiger partial charge in [0.2, 0.25) is 0 Å². The van der Waals surface area contributed by atoms with Crippen molar-refractivity contribution in [2.45, 2.75) is 44.4 Å². The van der Waals surface area contributed by atoms with Crippen LogP contribution in [0.3, 0.4) is 0 Å². The van der Waals surface area contributed by atoms with Gasteiger partial charge in [-0.15, -0.1) is 0 Å². The Bertz CT molecular complexity index is 395. The Morgan fingerprint density at radius 2 is 1.89 bits per heavy atom. The van der Waals surface area contributed by atoms with E-state index < -0.39 is 0 Å². The summed E-state index contributed by atoms with van der Waals surface area (Å²) in [6, 6.07) is 10.4. The van der Waals surface area contributed by atoms with Gasteiger partial charge in [0, 0.05) is 5.41 Å². The number of rotatable bonds is 7. The first-order valence-corrected chi connectivity index (χ1v) is 7.13. The predicted octanol–water partition coefficient (Wildman–Crippen LogP) is 4.07. The Labute approximate surface area is 111 Å². The Morgan fingerprint density at radius 3 is 2.50 bits per heavy atom. The van der Waals surface area contributed by atoms with Crippen molar-refractivity contribution in [2.24, 2.45) is 5.92 Å². The smallest absolute Gasteiger partial charge is 0.0571 e. The molecule has 98 valence electrons. The lowest BCUT2D eigenvalue weighted by Crippen LogP contribution is -2.15. The molecule has 1 fully saturated rings. The van der Waals surface area contributed by atoms with Gasteiger partial charge >= 0.3 is 0 Å². The zero-order valence-corrected chi connectivity index (χ0v) is 11.4. The van der Waals surface area contributed by atoms with Gasteiger partial charge in [-0.05, 0) is 17.9 Å². The molecule has 0 heterocycles. The molecule has 0 saturated heterocycles. The first-order valence-electron chi connectivity index (χ1n) is 7.13. The van der Waals surface area contributed by atoms with E-state index in [0.29, 0.717) is 5.92 Å². The lowest BCUT2D eigenvalue weighted by molar-refractivity contribution is 0.246. The third-order valence-electron chi connectivity index (χ3n) is 4.39. The Balaban J connectivity index is 2.00. The topological polar surface area (TPSA) is 20.2 Å². The summed E-state index contributed by atoms with van der Waals surface area (Å²) in [6.45, 7) is 6.62. The van der Waals surface area contributed by atoms with E-state index in [-0.39, 0.29) is 12.0 Å². The van der Waals surface area contributed by atoms with E-state index in [0.717, 1.165) is 0 Å². The molecule has 0 bridgehead atoms. The van der Waals surface area contributed by atoms with Crippen LogP contribution in [0.5, 0.6) is 0 Å². The van der Waals surface area contributed by atoms with Gasteiger partial charge in [-0.25, -0.2) is 0 Å². The standard InChI is InChI=1S/C17H24O/c1-3-4-5-9-12-16-14(2)17(16,13-18)15-10-7-6-8-11-15/h6-8,10-11,16,18H,2-5,9,12-13H2,1H3/t16-,17+/m1/s1. The highest BCUT2D eigenvalue weighted by Crippen LogP contribution is 2.60. The van der Waals surface area contributed by atoms with Crippen LogP contribution in [0.2, 0.25) is 0 Å². The number of aliphatic hydroxyl groups is 1. The third kappa shape index (κ3) is 2.24. The summed E-state index contributed by atoms with van der Waals surface area (Å²) in [6.07, 6.45) is 6.32. The molecular weight excluding hydrogens is 220 g/mol. The number of hydrogen-bond donors (Lipinski definition) is 1. The van der Waals surface area contributed by atoms with Crippen molar-refractivity contribution in [3.05, 3.63) is 48.0 Å². The van der Waals surface area contributed by atoms with Crippen LogP contribution in [0.4, 0.5) is 0 Å². The highest BCUT2D eigenvalue weighted by molar-refractivity contribution is 5.52. The van der Waals surface area contributed by atoms with E-state index in [4.69, 9.17) is 0 Å². The van der Waals surface area contributed by atoms with Gasteiger partial charge in [0.15, 0.2) is 0 Å². The summed E-state index contributed by atoms with van der Waals surface area (Å²) >= 11 is 0. The third-order valence-corrected chi connectivity index (χ3v) is 4.39. The Morgan fingerprint density at radius 1 is 1.17 bits per heavy atom. The first-order chi connectivity index (χ1) is 8.77. The molecule has 1 heteroatoms. The van der Waals surface area contributed by atoms with Gasteiger partial charge in [0.25, 0.3) is 0 Å². The van der Waals surface area contributed by atoms with Crippen molar-refractivity contribution in [3.63, 3.8) is 0 Å². The molecule has 0 radical (unpaired) electrons. The molecule has 0 spiro atoms. The van der Waals surface area contributed by atoms with Crippen LogP contribution in [0.15, 0.2) is 42.5 Å². The number of hydrogen-bond acceptors (Lipinski definition) is 1. The maximum Gasteiger partial charge on any atom is 0.0571 e. The van der Waals surface area contributed by atoms with Gasteiger partial charge in [-0.1, -0.05) is 75.1 Å². The van der Waals surface area contributed by atoms with Crippen LogP contribution in [0, 0.1) is 5.92 Å². The molecule has 0 aromatic heterocycles. The molecule has 1 aliphatic carbocycles. The van der Waals surface area contributed by atoms with Gasteiger partial charge in [-0.3, -0.25) is 0 Å². The first kappa shape index (κ1) is 13.4. The molecule has 1 saturated carbocycles. The molecule has 2 rings (SSSR count). The zero-order valence-electron chi connectivity index (χ0n) is 11.4. The molecule has 18 heavy (non-hydrogen) atoms. The molecule has 1 nitrogen and oxygen atoms in total. The second-order valence-electron chi connectivity index (χ2n) is 5.42. The van der Waals surface area contributed by atoms with Crippen molar-refractivity contribution in [3.8, 4) is 0 Å². The minimum atomic E-state index is -0.131. The van der Waals surface area contributed by atoms with Crippen LogP contribution in [0.25, 0.3) is 0 Å². The predicted molar refractivity (Wildman–Crippen MR) is 76.6 cm³/mol. The van der Waals surface area contributed by atoms with Crippen molar-refractivity contribution in [1.82, 2.24) is 0 Å². The highest BCUT2D eigenvalue weighted by Gasteiger charge is 2.58. The van der Waals surface area contributed by atoms with E-state index >= 15 is 0 Å².